The number of amides is 1. The topological polar surface area (TPSA) is 136 Å². The second kappa shape index (κ2) is 8.65. The summed E-state index contributed by atoms with van der Waals surface area (Å²) < 4.78 is 18.0. The molecule has 1 aromatic carbocycles. The normalized spacial score (nSPS) is 11.0. The SMILES string of the molecule is CC(=O)NCCSc1nonc1/C(=N\O)Nc1ccc(F)c(C#N)c1. The van der Waals surface area contributed by atoms with Gasteiger partial charge >= 0.3 is 0 Å². The number of halogens is 1. The Morgan fingerprint density at radius 3 is 3.00 bits per heavy atom. The number of amidine groups is 1. The molecule has 1 heterocycles. The van der Waals surface area contributed by atoms with Crippen LogP contribution in [-0.4, -0.2) is 39.6 Å². The summed E-state index contributed by atoms with van der Waals surface area (Å²) in [5, 5.41) is 34.2. The van der Waals surface area contributed by atoms with Crippen LogP contribution in [0.25, 0.3) is 0 Å². The zero-order chi connectivity index (χ0) is 18.2. The number of nitrogens with zero attached hydrogens (tertiary/aromatic N) is 4. The molecule has 2 aromatic rings. The first-order valence-corrected chi connectivity index (χ1v) is 7.92. The third-order valence-electron chi connectivity index (χ3n) is 2.85. The van der Waals surface area contributed by atoms with Crippen LogP contribution in [-0.2, 0) is 4.79 Å². The number of hydrogen-bond donors (Lipinski definition) is 3. The van der Waals surface area contributed by atoms with Gasteiger partial charge in [-0.25, -0.2) is 9.02 Å². The Labute approximate surface area is 145 Å². The van der Waals surface area contributed by atoms with E-state index >= 15 is 0 Å². The van der Waals surface area contributed by atoms with Crippen molar-refractivity contribution in [2.45, 2.75) is 11.9 Å². The van der Waals surface area contributed by atoms with Gasteiger partial charge in [0.25, 0.3) is 0 Å². The largest absolute Gasteiger partial charge is 0.409 e. The van der Waals surface area contributed by atoms with Gasteiger partial charge in [-0.3, -0.25) is 4.79 Å². The number of nitrogens with one attached hydrogen (secondary N) is 2. The van der Waals surface area contributed by atoms with Crippen LogP contribution in [0, 0.1) is 17.1 Å². The average Bonchev–Trinajstić information content (AvgIpc) is 3.06. The highest BCUT2D eigenvalue weighted by Crippen LogP contribution is 2.21. The van der Waals surface area contributed by atoms with Crippen LogP contribution < -0.4 is 10.6 Å². The predicted octanol–water partition coefficient (Wildman–Crippen LogP) is 1.56. The Kier molecular flexibility index (Phi) is 6.30. The maximum atomic E-state index is 13.4. The second-order valence-corrected chi connectivity index (χ2v) is 5.71. The molecular weight excluding hydrogens is 351 g/mol. The third-order valence-corrected chi connectivity index (χ3v) is 3.80. The minimum atomic E-state index is -0.659. The van der Waals surface area contributed by atoms with Crippen molar-refractivity contribution in [3.63, 3.8) is 0 Å². The molecule has 130 valence electrons. The summed E-state index contributed by atoms with van der Waals surface area (Å²) >= 11 is 1.23. The van der Waals surface area contributed by atoms with Crippen LogP contribution >= 0.6 is 11.8 Å². The van der Waals surface area contributed by atoms with Crippen LogP contribution in [0.5, 0.6) is 0 Å². The molecule has 2 rings (SSSR count). The summed E-state index contributed by atoms with van der Waals surface area (Å²) in [4.78, 5) is 10.8. The molecule has 0 bridgehead atoms. The summed E-state index contributed by atoms with van der Waals surface area (Å²) in [6.45, 7) is 1.82. The number of carbonyl (C=O) groups excluding carboxylic acids is 1. The Hall–Kier alpha value is -3.13. The molecule has 3 N–H and O–H groups in total. The zero-order valence-corrected chi connectivity index (χ0v) is 13.8. The number of aromatic nitrogens is 2. The molecule has 0 atom stereocenters. The van der Waals surface area contributed by atoms with Crippen molar-refractivity contribution in [3.05, 3.63) is 35.3 Å². The number of nitriles is 1. The number of thioether (sulfide) groups is 1. The minimum Gasteiger partial charge on any atom is -0.409 e. The Bertz CT molecular complexity index is 832. The highest BCUT2D eigenvalue weighted by atomic mass is 32.2. The van der Waals surface area contributed by atoms with E-state index in [0.717, 1.165) is 6.07 Å². The fourth-order valence-corrected chi connectivity index (χ4v) is 2.51. The van der Waals surface area contributed by atoms with Gasteiger partial charge in [0.1, 0.15) is 11.9 Å². The number of rotatable bonds is 6. The molecule has 25 heavy (non-hydrogen) atoms. The zero-order valence-electron chi connectivity index (χ0n) is 13.0. The first-order chi connectivity index (χ1) is 12.0. The van der Waals surface area contributed by atoms with Crippen molar-refractivity contribution in [1.82, 2.24) is 15.6 Å². The van der Waals surface area contributed by atoms with Gasteiger partial charge in [0.05, 0.1) is 5.56 Å². The van der Waals surface area contributed by atoms with E-state index in [0.29, 0.717) is 23.0 Å². The molecule has 1 amide bonds. The molecule has 11 heteroatoms. The van der Waals surface area contributed by atoms with E-state index in [-0.39, 0.29) is 23.0 Å². The number of anilines is 1. The van der Waals surface area contributed by atoms with Crippen molar-refractivity contribution in [1.29, 1.82) is 5.26 Å². The van der Waals surface area contributed by atoms with Crippen molar-refractivity contribution in [3.8, 4) is 6.07 Å². The smallest absolute Gasteiger partial charge is 0.216 e. The maximum Gasteiger partial charge on any atom is 0.216 e. The molecule has 0 radical (unpaired) electrons. The molecular formula is C14H13FN6O3S. The Morgan fingerprint density at radius 2 is 2.32 bits per heavy atom. The second-order valence-electron chi connectivity index (χ2n) is 4.63. The van der Waals surface area contributed by atoms with Crippen LogP contribution in [0.2, 0.25) is 0 Å². The highest BCUT2D eigenvalue weighted by Gasteiger charge is 2.18. The van der Waals surface area contributed by atoms with Crippen LogP contribution in [0.4, 0.5) is 10.1 Å². The molecule has 0 unspecified atom stereocenters. The van der Waals surface area contributed by atoms with E-state index in [9.17, 15) is 14.4 Å². The molecule has 1 aromatic heterocycles. The minimum absolute atomic E-state index is 0.0845. The number of hydrogen-bond acceptors (Lipinski definition) is 8. The summed E-state index contributed by atoms with van der Waals surface area (Å²) in [7, 11) is 0. The summed E-state index contributed by atoms with van der Waals surface area (Å²) in [6, 6.07) is 5.46. The highest BCUT2D eigenvalue weighted by molar-refractivity contribution is 7.99. The van der Waals surface area contributed by atoms with Gasteiger partial charge in [-0.2, -0.15) is 5.26 Å². The molecule has 0 fully saturated rings. The molecule has 0 aliphatic carbocycles. The van der Waals surface area contributed by atoms with E-state index in [1.165, 1.54) is 30.8 Å². The lowest BCUT2D eigenvalue weighted by atomic mass is 10.2. The molecule has 0 aliphatic heterocycles. The number of benzene rings is 1. The van der Waals surface area contributed by atoms with Gasteiger partial charge in [-0.1, -0.05) is 16.9 Å². The van der Waals surface area contributed by atoms with Crippen LogP contribution in [0.1, 0.15) is 18.2 Å². The lowest BCUT2D eigenvalue weighted by Gasteiger charge is -2.07. The van der Waals surface area contributed by atoms with Crippen molar-refractivity contribution in [2.24, 2.45) is 5.16 Å². The first kappa shape index (κ1) is 18.2. The standard InChI is InChI=1S/C14H13FN6O3S/c1-8(22)17-4-5-25-14-12(20-24-21-14)13(19-23)18-10-2-3-11(15)9(6-10)7-16/h2-3,6,23H,4-5H2,1H3,(H,17,22)(H,18,19). The van der Waals surface area contributed by atoms with Gasteiger partial charge < -0.3 is 15.8 Å². The van der Waals surface area contributed by atoms with Gasteiger partial charge in [0.15, 0.2) is 10.7 Å². The van der Waals surface area contributed by atoms with E-state index in [2.05, 4.69) is 30.7 Å². The monoisotopic (exact) mass is 364 g/mol. The van der Waals surface area contributed by atoms with Gasteiger partial charge in [0, 0.05) is 24.9 Å². The van der Waals surface area contributed by atoms with E-state index in [1.54, 1.807) is 6.07 Å². The van der Waals surface area contributed by atoms with Crippen molar-refractivity contribution in [2.75, 3.05) is 17.6 Å². The first-order valence-electron chi connectivity index (χ1n) is 6.94. The van der Waals surface area contributed by atoms with E-state index in [4.69, 9.17) is 5.26 Å². The third kappa shape index (κ3) is 4.92. The Morgan fingerprint density at radius 1 is 1.52 bits per heavy atom. The molecule has 0 aliphatic rings. The molecule has 0 saturated heterocycles. The van der Waals surface area contributed by atoms with Crippen LogP contribution in [0.3, 0.4) is 0 Å². The summed E-state index contributed by atoms with van der Waals surface area (Å²) in [5.74, 6) is -0.399. The quantitative estimate of drug-likeness (QED) is 0.175. The molecule has 9 nitrogen and oxygen atoms in total. The van der Waals surface area contributed by atoms with Crippen molar-refractivity contribution < 1.29 is 19.0 Å². The molecule has 0 spiro atoms. The van der Waals surface area contributed by atoms with Gasteiger partial charge in [-0.15, -0.1) is 0 Å². The van der Waals surface area contributed by atoms with Crippen LogP contribution in [0.15, 0.2) is 33.0 Å². The lowest BCUT2D eigenvalue weighted by molar-refractivity contribution is -0.118. The summed E-state index contributed by atoms with van der Waals surface area (Å²) in [5.41, 5.74) is 0.298. The number of oxime groups is 1. The van der Waals surface area contributed by atoms with Crippen molar-refractivity contribution >= 4 is 29.2 Å². The Balaban J connectivity index is 2.10. The number of carbonyl (C=O) groups is 1. The fraction of sp³-hybridized carbons (Fsp3) is 0.214. The van der Waals surface area contributed by atoms with Gasteiger partial charge in [0.2, 0.25) is 11.7 Å². The maximum absolute atomic E-state index is 13.4. The van der Waals surface area contributed by atoms with E-state index in [1.807, 2.05) is 0 Å². The summed E-state index contributed by atoms with van der Waals surface area (Å²) in [6.07, 6.45) is 0. The average molecular weight is 364 g/mol. The lowest BCUT2D eigenvalue weighted by Crippen LogP contribution is -2.22. The molecule has 0 saturated carbocycles. The fourth-order valence-electron chi connectivity index (χ4n) is 1.75. The van der Waals surface area contributed by atoms with Gasteiger partial charge in [-0.05, 0) is 28.5 Å². The predicted molar refractivity (Wildman–Crippen MR) is 86.8 cm³/mol. The van der Waals surface area contributed by atoms with E-state index < -0.39 is 5.82 Å².